The van der Waals surface area contributed by atoms with Crippen LogP contribution in [0.15, 0.2) is 24.3 Å². The Morgan fingerprint density at radius 1 is 1.35 bits per heavy atom. The number of nitrogens with one attached hydrogen (secondary N) is 1. The van der Waals surface area contributed by atoms with Crippen LogP contribution >= 0.6 is 11.8 Å². The molecule has 0 aliphatic rings. The van der Waals surface area contributed by atoms with Crippen LogP contribution in [-0.2, 0) is 0 Å². The van der Waals surface area contributed by atoms with E-state index in [1.807, 2.05) is 19.2 Å². The van der Waals surface area contributed by atoms with E-state index >= 15 is 0 Å². The van der Waals surface area contributed by atoms with Crippen LogP contribution in [0, 0.1) is 6.92 Å². The van der Waals surface area contributed by atoms with E-state index in [-0.39, 0.29) is 5.75 Å². The molecule has 0 fully saturated rings. The molecule has 0 aliphatic carbocycles. The first-order valence-corrected chi connectivity index (χ1v) is 7.58. The van der Waals surface area contributed by atoms with E-state index in [0.29, 0.717) is 0 Å². The number of rotatable bonds is 6. The Bertz CT molecular complexity index is 593. The van der Waals surface area contributed by atoms with Crippen LogP contribution in [0.2, 0.25) is 0 Å². The summed E-state index contributed by atoms with van der Waals surface area (Å²) < 4.78 is 29.0. The number of halogens is 2. The van der Waals surface area contributed by atoms with Gasteiger partial charge in [-0.2, -0.15) is 20.5 Å². The molecular formula is C14H16F2N2OS. The molecule has 2 aromatic rings. The molecule has 2 rings (SSSR count). The van der Waals surface area contributed by atoms with Crippen LogP contribution in [0.1, 0.15) is 5.69 Å². The third-order valence-corrected chi connectivity index (χ3v) is 3.37. The number of anilines is 1. The maximum absolute atomic E-state index is 12.3. The Kier molecular flexibility index (Phi) is 5.00. The number of alkyl halides is 2. The fraction of sp³-hybridized carbons (Fsp3) is 0.357. The number of hydrogen-bond donors (Lipinski definition) is 1. The van der Waals surface area contributed by atoms with E-state index in [4.69, 9.17) is 0 Å². The third kappa shape index (κ3) is 3.72. The molecule has 0 aliphatic heterocycles. The minimum absolute atomic E-state index is 0.145. The first-order valence-electron chi connectivity index (χ1n) is 6.19. The summed E-state index contributed by atoms with van der Waals surface area (Å²) in [5.74, 6) is 1.11. The lowest BCUT2D eigenvalue weighted by molar-refractivity contribution is -0.0497. The molecule has 0 saturated heterocycles. The molecule has 0 unspecified atom stereocenters. The first-order chi connectivity index (χ1) is 9.60. The molecule has 0 saturated carbocycles. The summed E-state index contributed by atoms with van der Waals surface area (Å²) in [7, 11) is 0. The van der Waals surface area contributed by atoms with Gasteiger partial charge in [-0.15, -0.1) is 0 Å². The smallest absolute Gasteiger partial charge is 0.387 e. The minimum atomic E-state index is -2.82. The van der Waals surface area contributed by atoms with Crippen LogP contribution in [0.4, 0.5) is 14.5 Å². The summed E-state index contributed by atoms with van der Waals surface area (Å²) in [5.41, 5.74) is 2.53. The summed E-state index contributed by atoms with van der Waals surface area (Å²) >= 11 is 1.74. The largest absolute Gasteiger partial charge is 0.435 e. The summed E-state index contributed by atoms with van der Waals surface area (Å²) in [4.78, 5) is 4.40. The average Bonchev–Trinajstić information content (AvgIpc) is 2.39. The Balaban J connectivity index is 2.36. The van der Waals surface area contributed by atoms with Crippen LogP contribution < -0.4 is 10.1 Å². The van der Waals surface area contributed by atoms with Crippen LogP contribution in [0.25, 0.3) is 10.9 Å². The number of fused-ring (bicyclic) bond motifs is 1. The zero-order valence-corrected chi connectivity index (χ0v) is 12.1. The topological polar surface area (TPSA) is 34.2 Å². The van der Waals surface area contributed by atoms with Crippen molar-refractivity contribution in [3.63, 3.8) is 0 Å². The molecular weight excluding hydrogens is 282 g/mol. The highest BCUT2D eigenvalue weighted by Crippen LogP contribution is 2.28. The van der Waals surface area contributed by atoms with Gasteiger partial charge in [-0.1, -0.05) is 0 Å². The van der Waals surface area contributed by atoms with Gasteiger partial charge in [0.25, 0.3) is 0 Å². The van der Waals surface area contributed by atoms with Gasteiger partial charge in [0.2, 0.25) is 0 Å². The monoisotopic (exact) mass is 298 g/mol. The van der Waals surface area contributed by atoms with E-state index in [9.17, 15) is 8.78 Å². The van der Waals surface area contributed by atoms with Gasteiger partial charge in [-0.25, -0.2) is 0 Å². The highest BCUT2D eigenvalue weighted by molar-refractivity contribution is 7.98. The van der Waals surface area contributed by atoms with E-state index in [1.165, 1.54) is 6.07 Å². The van der Waals surface area contributed by atoms with Crippen molar-refractivity contribution in [3.05, 3.63) is 30.0 Å². The highest BCUT2D eigenvalue weighted by atomic mass is 32.2. The Morgan fingerprint density at radius 2 is 2.15 bits per heavy atom. The third-order valence-electron chi connectivity index (χ3n) is 2.76. The zero-order valence-electron chi connectivity index (χ0n) is 11.3. The molecule has 3 nitrogen and oxygen atoms in total. The van der Waals surface area contributed by atoms with E-state index in [2.05, 4.69) is 15.0 Å². The van der Waals surface area contributed by atoms with Gasteiger partial charge in [-0.3, -0.25) is 4.98 Å². The highest BCUT2D eigenvalue weighted by Gasteiger charge is 2.08. The standard InChI is InChI=1S/C14H16F2N2OS/c1-9-7-13(17-5-6-20-2)11-8-10(19-14(15)16)3-4-12(11)18-9/h3-4,7-8,14H,5-6H2,1-2H3,(H,17,18). The van der Waals surface area contributed by atoms with Crippen molar-refractivity contribution in [1.82, 2.24) is 4.98 Å². The number of thioether (sulfide) groups is 1. The second-order valence-electron chi connectivity index (χ2n) is 4.29. The van der Waals surface area contributed by atoms with Crippen molar-refractivity contribution in [3.8, 4) is 5.75 Å². The van der Waals surface area contributed by atoms with Gasteiger partial charge in [-0.05, 0) is 37.4 Å². The van der Waals surface area contributed by atoms with Crippen molar-refractivity contribution in [2.45, 2.75) is 13.5 Å². The van der Waals surface area contributed by atoms with Gasteiger partial charge < -0.3 is 10.1 Å². The summed E-state index contributed by atoms with van der Waals surface area (Å²) in [6, 6.07) is 6.70. The number of aryl methyl sites for hydroxylation is 1. The number of nitrogens with zero attached hydrogens (tertiary/aromatic N) is 1. The van der Waals surface area contributed by atoms with Crippen molar-refractivity contribution >= 4 is 28.4 Å². The van der Waals surface area contributed by atoms with Crippen molar-refractivity contribution in [2.75, 3.05) is 23.9 Å². The normalized spacial score (nSPS) is 11.1. The van der Waals surface area contributed by atoms with Gasteiger partial charge in [0, 0.05) is 29.1 Å². The van der Waals surface area contributed by atoms with Crippen molar-refractivity contribution in [2.24, 2.45) is 0 Å². The van der Waals surface area contributed by atoms with Crippen molar-refractivity contribution < 1.29 is 13.5 Å². The molecule has 0 atom stereocenters. The number of aromatic nitrogens is 1. The predicted octanol–water partition coefficient (Wildman–Crippen LogP) is 3.92. The quantitative estimate of drug-likeness (QED) is 0.820. The Labute approximate surface area is 120 Å². The zero-order chi connectivity index (χ0) is 14.5. The molecule has 108 valence electrons. The fourth-order valence-corrected chi connectivity index (χ4v) is 2.25. The SMILES string of the molecule is CSCCNc1cc(C)nc2ccc(OC(F)F)cc12. The maximum Gasteiger partial charge on any atom is 0.387 e. The van der Waals surface area contributed by atoms with E-state index in [1.54, 1.807) is 23.9 Å². The number of benzene rings is 1. The van der Waals surface area contributed by atoms with E-state index in [0.717, 1.165) is 34.6 Å². The van der Waals surface area contributed by atoms with Crippen LogP contribution in [0.3, 0.4) is 0 Å². The van der Waals surface area contributed by atoms with Crippen molar-refractivity contribution in [1.29, 1.82) is 0 Å². The van der Waals surface area contributed by atoms with Crippen LogP contribution in [0.5, 0.6) is 5.75 Å². The number of hydrogen-bond acceptors (Lipinski definition) is 4. The molecule has 0 radical (unpaired) electrons. The molecule has 0 amide bonds. The van der Waals surface area contributed by atoms with Gasteiger partial charge in [0.1, 0.15) is 5.75 Å². The number of ether oxygens (including phenoxy) is 1. The lowest BCUT2D eigenvalue weighted by atomic mass is 10.1. The first kappa shape index (κ1) is 14.8. The van der Waals surface area contributed by atoms with E-state index < -0.39 is 6.61 Å². The van der Waals surface area contributed by atoms with Crippen LogP contribution in [-0.4, -0.2) is 30.1 Å². The second kappa shape index (κ2) is 6.74. The molecule has 1 aromatic heterocycles. The van der Waals surface area contributed by atoms with Gasteiger partial charge in [0.05, 0.1) is 5.52 Å². The Morgan fingerprint density at radius 3 is 2.85 bits per heavy atom. The summed E-state index contributed by atoms with van der Waals surface area (Å²) in [6.07, 6.45) is 2.03. The molecule has 1 aromatic carbocycles. The molecule has 1 N–H and O–H groups in total. The molecule has 1 heterocycles. The molecule has 20 heavy (non-hydrogen) atoms. The average molecular weight is 298 g/mol. The lowest BCUT2D eigenvalue weighted by Crippen LogP contribution is -2.06. The lowest BCUT2D eigenvalue weighted by Gasteiger charge is -2.12. The predicted molar refractivity (Wildman–Crippen MR) is 80.0 cm³/mol. The van der Waals surface area contributed by atoms with Gasteiger partial charge >= 0.3 is 6.61 Å². The molecule has 0 bridgehead atoms. The number of pyridine rings is 1. The molecule has 0 spiro atoms. The Hall–Kier alpha value is -1.56. The maximum atomic E-state index is 12.3. The molecule has 6 heteroatoms. The summed E-state index contributed by atoms with van der Waals surface area (Å²) in [6.45, 7) is -0.110. The fourth-order valence-electron chi connectivity index (χ4n) is 1.95. The second-order valence-corrected chi connectivity index (χ2v) is 5.27. The minimum Gasteiger partial charge on any atom is -0.435 e. The summed E-state index contributed by atoms with van der Waals surface area (Å²) in [5, 5.41) is 4.09. The van der Waals surface area contributed by atoms with Gasteiger partial charge in [0.15, 0.2) is 0 Å².